The molecule has 0 spiro atoms. The van der Waals surface area contributed by atoms with Crippen molar-refractivity contribution < 1.29 is 18.3 Å². The first-order valence-corrected chi connectivity index (χ1v) is 9.63. The summed E-state index contributed by atoms with van der Waals surface area (Å²) in [6.07, 6.45) is 11.0. The molecule has 0 aliphatic heterocycles. The third-order valence-electron chi connectivity index (χ3n) is 3.21. The molecule has 0 saturated heterocycles. The summed E-state index contributed by atoms with van der Waals surface area (Å²) in [7, 11) is -3.18. The molecule has 122 valence electrons. The molecular weight excluding hydrogens is 288 g/mol. The molecule has 0 saturated carbocycles. The minimum absolute atomic E-state index is 0.187. The molecule has 0 radical (unpaired) electrons. The van der Waals surface area contributed by atoms with Gasteiger partial charge >= 0.3 is 5.97 Å². The van der Waals surface area contributed by atoms with E-state index in [1.807, 2.05) is 6.08 Å². The van der Waals surface area contributed by atoms with Crippen LogP contribution >= 0.6 is 0 Å². The summed E-state index contributed by atoms with van der Waals surface area (Å²) in [5, 5.41) is 8.53. The fraction of sp³-hybridized carbons (Fsp3) is 0.750. The largest absolute Gasteiger partial charge is 0.481 e. The van der Waals surface area contributed by atoms with E-state index in [2.05, 4.69) is 12.7 Å². The van der Waals surface area contributed by atoms with Crippen LogP contribution in [0.3, 0.4) is 0 Å². The Labute approximate surface area is 128 Å². The van der Waals surface area contributed by atoms with Crippen molar-refractivity contribution in [3.05, 3.63) is 16.7 Å². The van der Waals surface area contributed by atoms with Gasteiger partial charge in [-0.1, -0.05) is 32.6 Å². The Balaban J connectivity index is 4.21. The fourth-order valence-electron chi connectivity index (χ4n) is 1.96. The van der Waals surface area contributed by atoms with Crippen LogP contribution in [-0.4, -0.2) is 25.7 Å². The quantitative estimate of drug-likeness (QED) is 0.435. The van der Waals surface area contributed by atoms with E-state index >= 15 is 0 Å². The van der Waals surface area contributed by atoms with Crippen LogP contribution in [0, 0.1) is 0 Å². The van der Waals surface area contributed by atoms with E-state index in [-0.39, 0.29) is 6.42 Å². The topological polar surface area (TPSA) is 71.4 Å². The molecule has 0 heterocycles. The lowest BCUT2D eigenvalue weighted by Crippen LogP contribution is -2.00. The maximum Gasteiger partial charge on any atom is 0.303 e. The van der Waals surface area contributed by atoms with Crippen LogP contribution in [-0.2, 0) is 14.6 Å². The van der Waals surface area contributed by atoms with Crippen molar-refractivity contribution in [2.45, 2.75) is 71.1 Å². The van der Waals surface area contributed by atoms with Gasteiger partial charge in [-0.2, -0.15) is 0 Å². The van der Waals surface area contributed by atoms with Crippen LogP contribution in [0.15, 0.2) is 16.7 Å². The van der Waals surface area contributed by atoms with Gasteiger partial charge in [-0.05, 0) is 38.2 Å². The molecule has 0 aromatic rings. The number of carboxylic acid groups (broad SMARTS) is 1. The minimum atomic E-state index is -3.18. The van der Waals surface area contributed by atoms with Gasteiger partial charge in [-0.3, -0.25) is 4.79 Å². The number of carboxylic acids is 1. The average Bonchev–Trinajstić information content (AvgIpc) is 2.38. The lowest BCUT2D eigenvalue weighted by atomic mass is 10.1. The third kappa shape index (κ3) is 12.4. The minimum Gasteiger partial charge on any atom is -0.481 e. The van der Waals surface area contributed by atoms with Gasteiger partial charge in [0.1, 0.15) is 0 Å². The monoisotopic (exact) mass is 316 g/mol. The second-order valence-electron chi connectivity index (χ2n) is 5.35. The number of carbonyl (C=O) groups is 1. The first-order chi connectivity index (χ1) is 9.88. The highest BCUT2D eigenvalue weighted by atomic mass is 32.2. The van der Waals surface area contributed by atoms with Gasteiger partial charge < -0.3 is 5.11 Å². The molecule has 4 nitrogen and oxygen atoms in total. The second-order valence-corrected chi connectivity index (χ2v) is 7.38. The van der Waals surface area contributed by atoms with Gasteiger partial charge in [-0.25, -0.2) is 8.42 Å². The van der Waals surface area contributed by atoms with Gasteiger partial charge in [0.25, 0.3) is 0 Å². The van der Waals surface area contributed by atoms with Crippen molar-refractivity contribution >= 4 is 15.8 Å². The van der Waals surface area contributed by atoms with E-state index in [1.54, 1.807) is 0 Å². The van der Waals surface area contributed by atoms with E-state index in [4.69, 9.17) is 5.11 Å². The van der Waals surface area contributed by atoms with Gasteiger partial charge in [0, 0.05) is 12.7 Å². The van der Waals surface area contributed by atoms with E-state index in [1.165, 1.54) is 6.26 Å². The Kier molecular flexibility index (Phi) is 11.0. The van der Waals surface area contributed by atoms with Crippen LogP contribution in [0.25, 0.3) is 0 Å². The molecule has 0 aliphatic carbocycles. The normalized spacial score (nSPS) is 11.0. The van der Waals surface area contributed by atoms with Crippen molar-refractivity contribution in [3.63, 3.8) is 0 Å². The van der Waals surface area contributed by atoms with Crippen LogP contribution in [0.5, 0.6) is 0 Å². The number of sulfone groups is 1. The smallest absolute Gasteiger partial charge is 0.303 e. The van der Waals surface area contributed by atoms with E-state index < -0.39 is 15.8 Å². The predicted octanol–water partition coefficient (Wildman–Crippen LogP) is 4.08. The highest BCUT2D eigenvalue weighted by Crippen LogP contribution is 2.15. The fourth-order valence-corrected chi connectivity index (χ4v) is 2.77. The summed E-state index contributed by atoms with van der Waals surface area (Å²) >= 11 is 0. The number of allylic oxidation sites excluding steroid dienone is 1. The molecule has 0 aliphatic rings. The molecule has 0 unspecified atom stereocenters. The number of hydrogen-bond donors (Lipinski definition) is 1. The zero-order valence-corrected chi connectivity index (χ0v) is 14.0. The summed E-state index contributed by atoms with van der Waals surface area (Å²) in [5.74, 6) is -0.776. The van der Waals surface area contributed by atoms with Crippen LogP contribution in [0.4, 0.5) is 0 Å². The first-order valence-electron chi connectivity index (χ1n) is 7.73. The van der Waals surface area contributed by atoms with Crippen LogP contribution in [0.1, 0.15) is 71.1 Å². The number of rotatable bonds is 12. The molecule has 0 atom stereocenters. The SMILES string of the molecule is CCCCCC=C=C(CCCCCCC(=O)O)S(C)(=O)=O. The van der Waals surface area contributed by atoms with Crippen LogP contribution < -0.4 is 0 Å². The van der Waals surface area contributed by atoms with Crippen molar-refractivity contribution in [2.24, 2.45) is 0 Å². The van der Waals surface area contributed by atoms with Gasteiger partial charge in [0.15, 0.2) is 9.84 Å². The molecule has 0 aromatic carbocycles. The Morgan fingerprint density at radius 3 is 2.19 bits per heavy atom. The molecule has 0 aromatic heterocycles. The lowest BCUT2D eigenvalue weighted by molar-refractivity contribution is -0.137. The van der Waals surface area contributed by atoms with E-state index in [0.29, 0.717) is 17.7 Å². The third-order valence-corrected chi connectivity index (χ3v) is 4.42. The first kappa shape index (κ1) is 19.9. The zero-order chi connectivity index (χ0) is 16.1. The molecular formula is C16H28O4S. The highest BCUT2D eigenvalue weighted by Gasteiger charge is 2.10. The summed E-state index contributed by atoms with van der Waals surface area (Å²) in [6, 6.07) is 0. The van der Waals surface area contributed by atoms with Crippen molar-refractivity contribution in [3.8, 4) is 0 Å². The lowest BCUT2D eigenvalue weighted by Gasteiger charge is -2.02. The van der Waals surface area contributed by atoms with Crippen molar-refractivity contribution in [2.75, 3.05) is 6.26 Å². The summed E-state index contributed by atoms with van der Waals surface area (Å²) in [5.41, 5.74) is 2.94. The zero-order valence-electron chi connectivity index (χ0n) is 13.2. The average molecular weight is 316 g/mol. The molecule has 5 heteroatoms. The van der Waals surface area contributed by atoms with Gasteiger partial charge in [0.2, 0.25) is 0 Å². The van der Waals surface area contributed by atoms with Gasteiger partial charge in [0.05, 0.1) is 4.91 Å². The maximum absolute atomic E-state index is 11.7. The number of hydrogen-bond acceptors (Lipinski definition) is 3. The van der Waals surface area contributed by atoms with E-state index in [9.17, 15) is 13.2 Å². The Morgan fingerprint density at radius 2 is 1.67 bits per heavy atom. The molecule has 0 rings (SSSR count). The molecule has 0 fully saturated rings. The highest BCUT2D eigenvalue weighted by molar-refractivity contribution is 7.94. The Bertz CT molecular complexity index is 457. The summed E-state index contributed by atoms with van der Waals surface area (Å²) in [4.78, 5) is 10.7. The summed E-state index contributed by atoms with van der Waals surface area (Å²) in [6.45, 7) is 2.13. The predicted molar refractivity (Wildman–Crippen MR) is 85.9 cm³/mol. The van der Waals surface area contributed by atoms with Gasteiger partial charge in [-0.15, -0.1) is 5.73 Å². The molecule has 1 N–H and O–H groups in total. The molecule has 21 heavy (non-hydrogen) atoms. The summed E-state index contributed by atoms with van der Waals surface area (Å²) < 4.78 is 23.3. The standard InChI is InChI=1S/C16H28O4S/c1-3-4-5-6-9-12-15(21(2,19)20)13-10-7-8-11-14-16(17)18/h9H,3-8,10-11,13-14H2,1-2H3,(H,17,18). The second kappa shape index (κ2) is 11.6. The van der Waals surface area contributed by atoms with Crippen molar-refractivity contribution in [1.82, 2.24) is 0 Å². The van der Waals surface area contributed by atoms with E-state index in [0.717, 1.165) is 44.9 Å². The maximum atomic E-state index is 11.7. The molecule has 0 amide bonds. The molecule has 0 bridgehead atoms. The van der Waals surface area contributed by atoms with Crippen LogP contribution in [0.2, 0.25) is 0 Å². The number of unbranched alkanes of at least 4 members (excludes halogenated alkanes) is 6. The Morgan fingerprint density at radius 1 is 1.05 bits per heavy atom. The number of aliphatic carboxylic acids is 1. The Hall–Kier alpha value is -1.06. The van der Waals surface area contributed by atoms with Crippen molar-refractivity contribution in [1.29, 1.82) is 0 Å².